The SMILES string of the molecule is Cc1nn(CC(C)C)c(C)c1CCC(=O)Nc1ccccc1C(C)C. The van der Waals surface area contributed by atoms with Crippen molar-refractivity contribution < 1.29 is 4.79 Å². The van der Waals surface area contributed by atoms with E-state index < -0.39 is 0 Å². The van der Waals surface area contributed by atoms with Gasteiger partial charge in [-0.2, -0.15) is 5.10 Å². The Morgan fingerprint density at radius 2 is 1.84 bits per heavy atom. The van der Waals surface area contributed by atoms with Crippen molar-refractivity contribution >= 4 is 11.6 Å². The molecule has 0 spiro atoms. The van der Waals surface area contributed by atoms with Crippen LogP contribution in [0.2, 0.25) is 0 Å². The maximum atomic E-state index is 12.4. The molecule has 2 rings (SSSR count). The Bertz CT molecular complexity index is 729. The molecule has 0 saturated carbocycles. The van der Waals surface area contributed by atoms with E-state index in [2.05, 4.69) is 55.8 Å². The molecule has 4 heteroatoms. The van der Waals surface area contributed by atoms with Crippen LogP contribution >= 0.6 is 0 Å². The Hall–Kier alpha value is -2.10. The van der Waals surface area contributed by atoms with Crippen molar-refractivity contribution in [2.75, 3.05) is 5.32 Å². The summed E-state index contributed by atoms with van der Waals surface area (Å²) in [7, 11) is 0. The van der Waals surface area contributed by atoms with Crippen LogP contribution in [-0.4, -0.2) is 15.7 Å². The van der Waals surface area contributed by atoms with E-state index in [1.54, 1.807) is 0 Å². The van der Waals surface area contributed by atoms with Gasteiger partial charge in [0.1, 0.15) is 0 Å². The quantitative estimate of drug-likeness (QED) is 0.782. The van der Waals surface area contributed by atoms with Crippen LogP contribution in [0.25, 0.3) is 0 Å². The highest BCUT2D eigenvalue weighted by atomic mass is 16.1. The zero-order valence-corrected chi connectivity index (χ0v) is 16.4. The van der Waals surface area contributed by atoms with Gasteiger partial charge in [0.25, 0.3) is 0 Å². The zero-order valence-electron chi connectivity index (χ0n) is 16.4. The lowest BCUT2D eigenvalue weighted by atomic mass is 10.0. The average molecular weight is 341 g/mol. The molecule has 1 aromatic heterocycles. The van der Waals surface area contributed by atoms with E-state index in [1.165, 1.54) is 16.8 Å². The topological polar surface area (TPSA) is 46.9 Å². The second kappa shape index (κ2) is 8.32. The lowest BCUT2D eigenvalue weighted by molar-refractivity contribution is -0.116. The number of carbonyl (C=O) groups is 1. The Balaban J connectivity index is 2.03. The third-order valence-corrected chi connectivity index (χ3v) is 4.53. The van der Waals surface area contributed by atoms with Gasteiger partial charge in [-0.15, -0.1) is 0 Å². The molecule has 4 nitrogen and oxygen atoms in total. The van der Waals surface area contributed by atoms with Crippen molar-refractivity contribution in [2.45, 2.75) is 66.8 Å². The second-order valence-electron chi connectivity index (χ2n) is 7.52. The van der Waals surface area contributed by atoms with Gasteiger partial charge in [-0.3, -0.25) is 9.48 Å². The summed E-state index contributed by atoms with van der Waals surface area (Å²) in [6, 6.07) is 8.03. The summed E-state index contributed by atoms with van der Waals surface area (Å²) in [5, 5.41) is 7.71. The van der Waals surface area contributed by atoms with Gasteiger partial charge in [0.15, 0.2) is 0 Å². The highest BCUT2D eigenvalue weighted by Gasteiger charge is 2.15. The number of rotatable bonds is 7. The van der Waals surface area contributed by atoms with Crippen molar-refractivity contribution in [1.82, 2.24) is 9.78 Å². The summed E-state index contributed by atoms with van der Waals surface area (Å²) in [5.41, 5.74) is 5.52. The van der Waals surface area contributed by atoms with Crippen LogP contribution in [0.4, 0.5) is 5.69 Å². The highest BCUT2D eigenvalue weighted by Crippen LogP contribution is 2.24. The summed E-state index contributed by atoms with van der Waals surface area (Å²) in [5.74, 6) is 1.00. The molecule has 0 unspecified atom stereocenters. The van der Waals surface area contributed by atoms with E-state index in [0.29, 0.717) is 18.3 Å². The number of nitrogens with one attached hydrogen (secondary N) is 1. The zero-order chi connectivity index (χ0) is 18.6. The van der Waals surface area contributed by atoms with Crippen molar-refractivity contribution in [3.8, 4) is 0 Å². The van der Waals surface area contributed by atoms with Crippen LogP contribution in [0.15, 0.2) is 24.3 Å². The number of hydrogen-bond donors (Lipinski definition) is 1. The first kappa shape index (κ1) is 19.2. The van der Waals surface area contributed by atoms with Gasteiger partial charge in [0, 0.05) is 24.3 Å². The molecule has 0 aliphatic rings. The maximum Gasteiger partial charge on any atom is 0.224 e. The predicted molar refractivity (Wildman–Crippen MR) is 104 cm³/mol. The van der Waals surface area contributed by atoms with Crippen molar-refractivity contribution in [1.29, 1.82) is 0 Å². The highest BCUT2D eigenvalue weighted by molar-refractivity contribution is 5.91. The van der Waals surface area contributed by atoms with Gasteiger partial charge >= 0.3 is 0 Å². The van der Waals surface area contributed by atoms with Gasteiger partial charge in [-0.05, 0) is 49.3 Å². The van der Waals surface area contributed by atoms with Gasteiger partial charge in [-0.1, -0.05) is 45.9 Å². The standard InChI is InChI=1S/C21H31N3O/c1-14(2)13-24-17(6)19(16(5)23-24)11-12-21(25)22-20-10-8-7-9-18(20)15(3)4/h7-10,14-15H,11-13H2,1-6H3,(H,22,25). The van der Waals surface area contributed by atoms with E-state index in [-0.39, 0.29) is 5.91 Å². The molecule has 0 saturated heterocycles. The Morgan fingerprint density at radius 3 is 2.48 bits per heavy atom. The van der Waals surface area contributed by atoms with Crippen LogP contribution in [0.3, 0.4) is 0 Å². The largest absolute Gasteiger partial charge is 0.326 e. The molecule has 1 amide bonds. The molecule has 0 radical (unpaired) electrons. The molecule has 0 fully saturated rings. The van der Waals surface area contributed by atoms with Crippen molar-refractivity contribution in [3.63, 3.8) is 0 Å². The molecule has 2 aromatic rings. The van der Waals surface area contributed by atoms with Crippen molar-refractivity contribution in [3.05, 3.63) is 46.8 Å². The van der Waals surface area contributed by atoms with Crippen molar-refractivity contribution in [2.24, 2.45) is 5.92 Å². The summed E-state index contributed by atoms with van der Waals surface area (Å²) >= 11 is 0. The second-order valence-corrected chi connectivity index (χ2v) is 7.52. The normalized spacial score (nSPS) is 11.4. The van der Waals surface area contributed by atoms with Crippen LogP contribution in [-0.2, 0) is 17.8 Å². The number of carbonyl (C=O) groups excluding carboxylic acids is 1. The molecule has 0 atom stereocenters. The number of aromatic nitrogens is 2. The van der Waals surface area contributed by atoms with E-state index in [4.69, 9.17) is 0 Å². The molecule has 25 heavy (non-hydrogen) atoms. The molecule has 0 aliphatic heterocycles. The average Bonchev–Trinajstić information content (AvgIpc) is 2.79. The molecule has 1 N–H and O–H groups in total. The number of nitrogens with zero attached hydrogens (tertiary/aromatic N) is 2. The third kappa shape index (κ3) is 4.94. The third-order valence-electron chi connectivity index (χ3n) is 4.53. The first-order chi connectivity index (χ1) is 11.8. The fourth-order valence-electron chi connectivity index (χ4n) is 3.18. The monoisotopic (exact) mass is 341 g/mol. The molecule has 1 aromatic carbocycles. The fourth-order valence-corrected chi connectivity index (χ4v) is 3.18. The van der Waals surface area contributed by atoms with Crippen LogP contribution < -0.4 is 5.32 Å². The number of hydrogen-bond acceptors (Lipinski definition) is 2. The van der Waals surface area contributed by atoms with Gasteiger partial charge in [-0.25, -0.2) is 0 Å². The van der Waals surface area contributed by atoms with E-state index in [0.717, 1.165) is 24.3 Å². The lowest BCUT2D eigenvalue weighted by Gasteiger charge is -2.13. The summed E-state index contributed by atoms with van der Waals surface area (Å²) in [4.78, 5) is 12.4. The molecule has 0 aliphatic carbocycles. The summed E-state index contributed by atoms with van der Waals surface area (Å²) in [6.07, 6.45) is 1.20. The molecule has 136 valence electrons. The molecule has 0 bridgehead atoms. The van der Waals surface area contributed by atoms with Crippen LogP contribution in [0.5, 0.6) is 0 Å². The Labute approximate surface area is 151 Å². The van der Waals surface area contributed by atoms with Gasteiger partial charge < -0.3 is 5.32 Å². The smallest absolute Gasteiger partial charge is 0.224 e. The minimum absolute atomic E-state index is 0.0588. The lowest BCUT2D eigenvalue weighted by Crippen LogP contribution is -2.14. The van der Waals surface area contributed by atoms with Crippen LogP contribution in [0.1, 0.15) is 62.5 Å². The number of benzene rings is 1. The number of para-hydroxylation sites is 1. The van der Waals surface area contributed by atoms with Crippen LogP contribution in [0, 0.1) is 19.8 Å². The van der Waals surface area contributed by atoms with Gasteiger partial charge in [0.2, 0.25) is 5.91 Å². The fraction of sp³-hybridized carbons (Fsp3) is 0.524. The molecular formula is C21H31N3O. The summed E-state index contributed by atoms with van der Waals surface area (Å²) in [6.45, 7) is 13.7. The maximum absolute atomic E-state index is 12.4. The van der Waals surface area contributed by atoms with Gasteiger partial charge in [0.05, 0.1) is 5.69 Å². The van der Waals surface area contributed by atoms with E-state index >= 15 is 0 Å². The number of aryl methyl sites for hydroxylation is 1. The first-order valence-corrected chi connectivity index (χ1v) is 9.21. The molecule has 1 heterocycles. The van der Waals surface area contributed by atoms with E-state index in [9.17, 15) is 4.79 Å². The van der Waals surface area contributed by atoms with E-state index in [1.807, 2.05) is 25.1 Å². The Kier molecular flexibility index (Phi) is 6.40. The number of anilines is 1. The summed E-state index contributed by atoms with van der Waals surface area (Å²) < 4.78 is 2.07. The minimum Gasteiger partial charge on any atom is -0.326 e. The molecular weight excluding hydrogens is 310 g/mol. The number of amides is 1. The minimum atomic E-state index is 0.0588. The first-order valence-electron chi connectivity index (χ1n) is 9.21. The predicted octanol–water partition coefficient (Wildman–Crippen LogP) is 4.85. The Morgan fingerprint density at radius 1 is 1.16 bits per heavy atom.